The molecule has 2 fully saturated rings. The fourth-order valence-corrected chi connectivity index (χ4v) is 4.94. The molecule has 0 spiro atoms. The van der Waals surface area contributed by atoms with E-state index in [4.69, 9.17) is 9.47 Å². The number of hydrogen-bond donors (Lipinski definition) is 0. The van der Waals surface area contributed by atoms with Gasteiger partial charge in [-0.25, -0.2) is 0 Å². The summed E-state index contributed by atoms with van der Waals surface area (Å²) < 4.78 is 20.4. The number of fused-ring (bicyclic) bond motifs is 5. The SMILES string of the molecule is [2H]C12N(C)CCC1(C)CCC1c3cc(OC)c(OC)cc3CCN12. The van der Waals surface area contributed by atoms with E-state index in [-0.39, 0.29) is 5.41 Å². The van der Waals surface area contributed by atoms with Crippen molar-refractivity contribution in [1.82, 2.24) is 9.80 Å². The van der Waals surface area contributed by atoms with Crippen molar-refractivity contribution in [1.29, 1.82) is 0 Å². The van der Waals surface area contributed by atoms with Crippen molar-refractivity contribution in [2.24, 2.45) is 5.41 Å². The number of hydrogen-bond acceptors (Lipinski definition) is 4. The van der Waals surface area contributed by atoms with Gasteiger partial charge in [-0.2, -0.15) is 0 Å². The van der Waals surface area contributed by atoms with Crippen LogP contribution in [0.1, 0.15) is 44.7 Å². The molecule has 4 nitrogen and oxygen atoms in total. The summed E-state index contributed by atoms with van der Waals surface area (Å²) in [5.41, 5.74) is 2.74. The molecule has 1 aromatic carbocycles. The molecule has 3 atom stereocenters. The fourth-order valence-electron chi connectivity index (χ4n) is 4.94. The Labute approximate surface area is 140 Å². The maximum absolute atomic E-state index is 9.38. The molecule has 23 heavy (non-hydrogen) atoms. The van der Waals surface area contributed by atoms with Crippen molar-refractivity contribution in [3.05, 3.63) is 23.3 Å². The van der Waals surface area contributed by atoms with Gasteiger partial charge in [0.25, 0.3) is 0 Å². The third kappa shape index (κ3) is 2.18. The van der Waals surface area contributed by atoms with Crippen LogP contribution in [0.4, 0.5) is 0 Å². The smallest absolute Gasteiger partial charge is 0.161 e. The van der Waals surface area contributed by atoms with Crippen molar-refractivity contribution >= 4 is 0 Å². The highest BCUT2D eigenvalue weighted by Crippen LogP contribution is 2.52. The van der Waals surface area contributed by atoms with E-state index < -0.39 is 6.14 Å². The molecule has 0 aliphatic carbocycles. The molecule has 0 bridgehead atoms. The van der Waals surface area contributed by atoms with E-state index in [0.29, 0.717) is 6.04 Å². The third-order valence-electron chi connectivity index (χ3n) is 6.14. The number of ether oxygens (including phenoxy) is 2. The molecule has 4 rings (SSSR count). The summed E-state index contributed by atoms with van der Waals surface area (Å²) in [4.78, 5) is 4.70. The summed E-state index contributed by atoms with van der Waals surface area (Å²) >= 11 is 0. The second-order valence-electron chi connectivity index (χ2n) is 7.46. The highest BCUT2D eigenvalue weighted by molar-refractivity contribution is 5.49. The first-order chi connectivity index (χ1) is 11.4. The van der Waals surface area contributed by atoms with Crippen molar-refractivity contribution < 1.29 is 10.8 Å². The molecule has 3 unspecified atom stereocenters. The summed E-state index contributed by atoms with van der Waals surface area (Å²) in [6, 6.07) is 4.58. The lowest BCUT2D eigenvalue weighted by Gasteiger charge is -2.53. The summed E-state index contributed by atoms with van der Waals surface area (Å²) in [7, 11) is 5.50. The Morgan fingerprint density at radius 1 is 1.17 bits per heavy atom. The first kappa shape index (κ1) is 14.1. The van der Waals surface area contributed by atoms with Crippen LogP contribution >= 0.6 is 0 Å². The standard InChI is InChI=1S/C19H28N2O2/c1-19-7-5-15-14-12-17(23-4)16(22-3)11-13(14)6-9-21(15)18(19)20(2)10-8-19/h11-12,15,18H,5-10H2,1-4H3/i18D. The molecule has 0 amide bonds. The van der Waals surface area contributed by atoms with Crippen LogP contribution in [-0.4, -0.2) is 50.3 Å². The maximum atomic E-state index is 9.38. The lowest BCUT2D eigenvalue weighted by Crippen LogP contribution is -2.56. The summed E-state index contributed by atoms with van der Waals surface area (Å²) in [5, 5.41) is 0. The van der Waals surface area contributed by atoms with E-state index in [1.165, 1.54) is 11.1 Å². The number of piperidine rings is 1. The molecule has 126 valence electrons. The monoisotopic (exact) mass is 317 g/mol. The van der Waals surface area contributed by atoms with Gasteiger partial charge in [0.05, 0.1) is 21.7 Å². The number of methoxy groups -OCH3 is 2. The number of benzene rings is 1. The minimum Gasteiger partial charge on any atom is -0.493 e. The summed E-state index contributed by atoms with van der Waals surface area (Å²) in [6.07, 6.45) is 3.72. The second-order valence-corrected chi connectivity index (χ2v) is 7.46. The van der Waals surface area contributed by atoms with E-state index in [1.807, 2.05) is 0 Å². The van der Waals surface area contributed by atoms with Gasteiger partial charge in [-0.05, 0) is 68.0 Å². The van der Waals surface area contributed by atoms with Gasteiger partial charge in [-0.15, -0.1) is 0 Å². The van der Waals surface area contributed by atoms with E-state index in [2.05, 4.69) is 35.9 Å². The average Bonchev–Trinajstić information content (AvgIpc) is 2.84. The molecule has 0 saturated carbocycles. The minimum absolute atomic E-state index is 0.0618. The van der Waals surface area contributed by atoms with Gasteiger partial charge in [0, 0.05) is 12.6 Å². The topological polar surface area (TPSA) is 24.9 Å². The van der Waals surface area contributed by atoms with Crippen LogP contribution in [0.15, 0.2) is 12.1 Å². The van der Waals surface area contributed by atoms with Gasteiger partial charge >= 0.3 is 0 Å². The summed E-state index contributed by atoms with van der Waals surface area (Å²) in [6.45, 7) is 4.27. The fraction of sp³-hybridized carbons (Fsp3) is 0.684. The zero-order chi connectivity index (χ0) is 17.1. The van der Waals surface area contributed by atoms with E-state index in [1.54, 1.807) is 14.2 Å². The molecule has 2 saturated heterocycles. The van der Waals surface area contributed by atoms with Crippen LogP contribution < -0.4 is 9.47 Å². The Balaban J connectivity index is 1.78. The van der Waals surface area contributed by atoms with Crippen LogP contribution in [0.3, 0.4) is 0 Å². The van der Waals surface area contributed by atoms with Gasteiger partial charge in [-0.3, -0.25) is 9.80 Å². The molecule has 3 aliphatic heterocycles. The Morgan fingerprint density at radius 3 is 2.65 bits per heavy atom. The van der Waals surface area contributed by atoms with Gasteiger partial charge in [0.2, 0.25) is 0 Å². The largest absolute Gasteiger partial charge is 0.493 e. The molecular formula is C19H28N2O2. The van der Waals surface area contributed by atoms with Gasteiger partial charge in [0.1, 0.15) is 0 Å². The Bertz CT molecular complexity index is 667. The van der Waals surface area contributed by atoms with Crippen LogP contribution in [0.25, 0.3) is 0 Å². The lowest BCUT2D eigenvalue weighted by molar-refractivity contribution is -0.0571. The highest BCUT2D eigenvalue weighted by atomic mass is 16.5. The van der Waals surface area contributed by atoms with Gasteiger partial charge in [0.15, 0.2) is 11.5 Å². The van der Waals surface area contributed by atoms with Crippen molar-refractivity contribution in [3.8, 4) is 11.5 Å². The number of likely N-dealkylation sites (tertiary alicyclic amines) is 1. The van der Waals surface area contributed by atoms with Crippen molar-refractivity contribution in [2.75, 3.05) is 34.4 Å². The van der Waals surface area contributed by atoms with Crippen LogP contribution in [0, 0.1) is 5.41 Å². The van der Waals surface area contributed by atoms with Crippen molar-refractivity contribution in [2.45, 2.75) is 44.8 Å². The summed E-state index contributed by atoms with van der Waals surface area (Å²) in [5.74, 6) is 1.61. The third-order valence-corrected chi connectivity index (χ3v) is 6.14. The average molecular weight is 317 g/mol. The van der Waals surface area contributed by atoms with E-state index in [9.17, 15) is 1.37 Å². The molecule has 0 aromatic heterocycles. The van der Waals surface area contributed by atoms with Crippen LogP contribution in [0.2, 0.25) is 0 Å². The van der Waals surface area contributed by atoms with Crippen LogP contribution in [0.5, 0.6) is 11.5 Å². The highest BCUT2D eigenvalue weighted by Gasteiger charge is 2.51. The molecule has 3 heterocycles. The first-order valence-electron chi connectivity index (χ1n) is 9.17. The number of rotatable bonds is 2. The zero-order valence-electron chi connectivity index (χ0n) is 15.7. The molecule has 3 aliphatic rings. The minimum atomic E-state index is -0.596. The zero-order valence-corrected chi connectivity index (χ0v) is 14.7. The van der Waals surface area contributed by atoms with Crippen LogP contribution in [-0.2, 0) is 6.42 Å². The predicted octanol–water partition coefficient (Wildman–Crippen LogP) is 3.06. The molecular weight excluding hydrogens is 288 g/mol. The first-order valence-corrected chi connectivity index (χ1v) is 8.67. The second kappa shape index (κ2) is 5.38. The van der Waals surface area contributed by atoms with E-state index in [0.717, 1.165) is 50.3 Å². The predicted molar refractivity (Wildman–Crippen MR) is 91.1 cm³/mol. The lowest BCUT2D eigenvalue weighted by atomic mass is 9.73. The number of nitrogens with zero attached hydrogens (tertiary/aromatic N) is 2. The van der Waals surface area contributed by atoms with E-state index >= 15 is 0 Å². The Kier molecular flexibility index (Phi) is 3.30. The van der Waals surface area contributed by atoms with Gasteiger partial charge < -0.3 is 9.47 Å². The quantitative estimate of drug-likeness (QED) is 0.837. The Hall–Kier alpha value is -1.26. The maximum Gasteiger partial charge on any atom is 0.161 e. The molecule has 1 aromatic rings. The van der Waals surface area contributed by atoms with Gasteiger partial charge in [-0.1, -0.05) is 6.92 Å². The van der Waals surface area contributed by atoms with Crippen molar-refractivity contribution in [3.63, 3.8) is 0 Å². The normalized spacial score (nSPS) is 37.6. The molecule has 0 N–H and O–H groups in total. The molecule has 4 heteroatoms. The Morgan fingerprint density at radius 2 is 1.91 bits per heavy atom. The molecule has 0 radical (unpaired) electrons.